The highest BCUT2D eigenvalue weighted by Crippen LogP contribution is 2.28. The Balaban J connectivity index is 2.28. The van der Waals surface area contributed by atoms with Gasteiger partial charge >= 0.3 is 0 Å². The molecule has 1 aromatic carbocycles. The van der Waals surface area contributed by atoms with Crippen LogP contribution in [0, 0.1) is 18.6 Å². The van der Waals surface area contributed by atoms with E-state index in [0.717, 1.165) is 17.9 Å². The lowest BCUT2D eigenvalue weighted by Crippen LogP contribution is -2.31. The molecule has 1 heterocycles. The number of halogens is 2. The second-order valence-electron chi connectivity index (χ2n) is 4.63. The van der Waals surface area contributed by atoms with Crippen molar-refractivity contribution < 1.29 is 17.9 Å². The van der Waals surface area contributed by atoms with Gasteiger partial charge < -0.3 is 14.9 Å². The highest BCUT2D eigenvalue weighted by Gasteiger charge is 2.25. The van der Waals surface area contributed by atoms with Gasteiger partial charge in [-0.2, -0.15) is 0 Å². The minimum Gasteiger partial charge on any atom is -0.478 e. The van der Waals surface area contributed by atoms with Crippen molar-refractivity contribution in [3.8, 4) is 5.75 Å². The molecule has 2 aromatic rings. The first kappa shape index (κ1) is 14.5. The molecule has 3 nitrogen and oxygen atoms in total. The molecule has 0 amide bonds. The molecule has 0 aliphatic carbocycles. The smallest absolute Gasteiger partial charge is 0.171 e. The van der Waals surface area contributed by atoms with Gasteiger partial charge in [0.15, 0.2) is 17.7 Å². The summed E-state index contributed by atoms with van der Waals surface area (Å²) in [4.78, 5) is 0. The van der Waals surface area contributed by atoms with E-state index in [9.17, 15) is 8.78 Å². The number of ether oxygens (including phenoxy) is 1. The molecule has 5 heteroatoms. The van der Waals surface area contributed by atoms with Gasteiger partial charge in [-0.3, -0.25) is 0 Å². The molecule has 2 N–H and O–H groups in total. The fourth-order valence-corrected chi connectivity index (χ4v) is 1.88. The number of hydrogen-bond acceptors (Lipinski definition) is 3. The predicted octanol–water partition coefficient (Wildman–Crippen LogP) is 3.72. The largest absolute Gasteiger partial charge is 0.478 e. The zero-order valence-corrected chi connectivity index (χ0v) is 11.4. The monoisotopic (exact) mass is 281 g/mol. The predicted molar refractivity (Wildman–Crippen MR) is 71.4 cm³/mol. The topological polar surface area (TPSA) is 48.4 Å². The van der Waals surface area contributed by atoms with Crippen molar-refractivity contribution in [2.75, 3.05) is 0 Å². The van der Waals surface area contributed by atoms with Gasteiger partial charge in [0.1, 0.15) is 17.3 Å². The summed E-state index contributed by atoms with van der Waals surface area (Å²) in [5.74, 6) is -0.215. The van der Waals surface area contributed by atoms with Crippen LogP contribution in [-0.4, -0.2) is 6.04 Å². The van der Waals surface area contributed by atoms with Crippen molar-refractivity contribution in [1.29, 1.82) is 0 Å². The van der Waals surface area contributed by atoms with Gasteiger partial charge in [0.05, 0.1) is 0 Å². The second kappa shape index (κ2) is 6.05. The highest BCUT2D eigenvalue weighted by atomic mass is 19.1. The van der Waals surface area contributed by atoms with E-state index in [1.54, 1.807) is 19.1 Å². The Labute approximate surface area is 116 Å². The highest BCUT2D eigenvalue weighted by molar-refractivity contribution is 5.26. The van der Waals surface area contributed by atoms with E-state index in [2.05, 4.69) is 0 Å². The molecule has 0 aliphatic heterocycles. The maximum Gasteiger partial charge on any atom is 0.171 e. The average molecular weight is 281 g/mol. The Morgan fingerprint density at radius 3 is 2.55 bits per heavy atom. The SMILES string of the molecule is CCC(N)C(Oc1ccc(F)cc1F)c1ccc(C)o1. The van der Waals surface area contributed by atoms with Crippen molar-refractivity contribution in [2.45, 2.75) is 32.4 Å². The van der Waals surface area contributed by atoms with Gasteiger partial charge in [0.25, 0.3) is 0 Å². The van der Waals surface area contributed by atoms with Gasteiger partial charge in [0, 0.05) is 12.1 Å². The Morgan fingerprint density at radius 1 is 1.25 bits per heavy atom. The minimum absolute atomic E-state index is 0.0469. The first-order valence-corrected chi connectivity index (χ1v) is 6.45. The number of nitrogens with two attached hydrogens (primary N) is 1. The zero-order valence-electron chi connectivity index (χ0n) is 11.4. The molecule has 0 spiro atoms. The quantitative estimate of drug-likeness (QED) is 0.908. The third-order valence-electron chi connectivity index (χ3n) is 3.05. The maximum absolute atomic E-state index is 13.7. The molecule has 2 atom stereocenters. The van der Waals surface area contributed by atoms with Crippen LogP contribution in [0.15, 0.2) is 34.7 Å². The van der Waals surface area contributed by atoms with Crippen LogP contribution in [0.2, 0.25) is 0 Å². The third kappa shape index (κ3) is 3.17. The molecule has 2 rings (SSSR count). The average Bonchev–Trinajstić information content (AvgIpc) is 2.83. The Morgan fingerprint density at radius 2 is 2.00 bits per heavy atom. The molecular formula is C15H17F2NO2. The summed E-state index contributed by atoms with van der Waals surface area (Å²) in [7, 11) is 0. The molecule has 108 valence electrons. The lowest BCUT2D eigenvalue weighted by molar-refractivity contribution is 0.137. The van der Waals surface area contributed by atoms with Gasteiger partial charge in [-0.1, -0.05) is 6.92 Å². The van der Waals surface area contributed by atoms with Crippen molar-refractivity contribution in [2.24, 2.45) is 5.73 Å². The van der Waals surface area contributed by atoms with Gasteiger partial charge in [-0.05, 0) is 37.6 Å². The van der Waals surface area contributed by atoms with Gasteiger partial charge in [-0.15, -0.1) is 0 Å². The molecule has 0 saturated heterocycles. The first-order valence-electron chi connectivity index (χ1n) is 6.45. The number of rotatable bonds is 5. The second-order valence-corrected chi connectivity index (χ2v) is 4.63. The van der Waals surface area contributed by atoms with E-state index in [-0.39, 0.29) is 11.8 Å². The zero-order chi connectivity index (χ0) is 14.7. The molecule has 0 radical (unpaired) electrons. The number of benzene rings is 1. The van der Waals surface area contributed by atoms with E-state index >= 15 is 0 Å². The number of furan rings is 1. The number of hydrogen-bond donors (Lipinski definition) is 1. The summed E-state index contributed by atoms with van der Waals surface area (Å²) in [6.07, 6.45) is 0.0152. The summed E-state index contributed by atoms with van der Waals surface area (Å²) in [6.45, 7) is 3.70. The van der Waals surface area contributed by atoms with Gasteiger partial charge in [0.2, 0.25) is 0 Å². The minimum atomic E-state index is -0.762. The van der Waals surface area contributed by atoms with Gasteiger partial charge in [-0.25, -0.2) is 8.78 Å². The van der Waals surface area contributed by atoms with Crippen LogP contribution in [-0.2, 0) is 0 Å². The molecule has 1 aromatic heterocycles. The molecule has 20 heavy (non-hydrogen) atoms. The molecule has 2 unspecified atom stereocenters. The van der Waals surface area contributed by atoms with Crippen LogP contribution in [0.5, 0.6) is 5.75 Å². The maximum atomic E-state index is 13.7. The van der Waals surface area contributed by atoms with Crippen LogP contribution < -0.4 is 10.5 Å². The van der Waals surface area contributed by atoms with Crippen LogP contribution in [0.3, 0.4) is 0 Å². The van der Waals surface area contributed by atoms with E-state index in [0.29, 0.717) is 12.2 Å². The Hall–Kier alpha value is -1.88. The summed E-state index contributed by atoms with van der Waals surface area (Å²) < 4.78 is 37.7. The summed E-state index contributed by atoms with van der Waals surface area (Å²) >= 11 is 0. The Kier molecular flexibility index (Phi) is 4.39. The molecule has 0 bridgehead atoms. The normalized spacial score (nSPS) is 14.1. The Bertz CT molecular complexity index is 583. The van der Waals surface area contributed by atoms with Crippen molar-refractivity contribution in [3.63, 3.8) is 0 Å². The standard InChI is InChI=1S/C15H17F2NO2/c1-3-12(18)15(14-6-4-9(2)19-14)20-13-7-5-10(16)8-11(13)17/h4-8,12,15H,3,18H2,1-2H3. The lowest BCUT2D eigenvalue weighted by Gasteiger charge is -2.22. The van der Waals surface area contributed by atoms with E-state index in [1.807, 2.05) is 6.92 Å². The molecular weight excluding hydrogens is 264 g/mol. The summed E-state index contributed by atoms with van der Waals surface area (Å²) in [5.41, 5.74) is 6.00. The first-order chi connectivity index (χ1) is 9.51. The van der Waals surface area contributed by atoms with Crippen molar-refractivity contribution >= 4 is 0 Å². The number of aryl methyl sites for hydroxylation is 1. The molecule has 0 fully saturated rings. The molecule has 0 saturated carbocycles. The fraction of sp³-hybridized carbons (Fsp3) is 0.333. The van der Waals surface area contributed by atoms with Crippen molar-refractivity contribution in [3.05, 3.63) is 53.5 Å². The molecule has 0 aliphatic rings. The van der Waals surface area contributed by atoms with Crippen LogP contribution >= 0.6 is 0 Å². The van der Waals surface area contributed by atoms with E-state index in [4.69, 9.17) is 14.9 Å². The fourth-order valence-electron chi connectivity index (χ4n) is 1.88. The van der Waals surface area contributed by atoms with Crippen molar-refractivity contribution in [1.82, 2.24) is 0 Å². The van der Waals surface area contributed by atoms with Crippen LogP contribution in [0.4, 0.5) is 8.78 Å². The lowest BCUT2D eigenvalue weighted by atomic mass is 10.1. The van der Waals surface area contributed by atoms with E-state index in [1.165, 1.54) is 6.07 Å². The summed E-state index contributed by atoms with van der Waals surface area (Å²) in [5, 5.41) is 0. The summed E-state index contributed by atoms with van der Waals surface area (Å²) in [6, 6.07) is 6.34. The third-order valence-corrected chi connectivity index (χ3v) is 3.05. The van der Waals surface area contributed by atoms with Crippen LogP contribution in [0.25, 0.3) is 0 Å². The van der Waals surface area contributed by atoms with Crippen LogP contribution in [0.1, 0.15) is 31.0 Å². The van der Waals surface area contributed by atoms with E-state index < -0.39 is 17.7 Å².